The highest BCUT2D eigenvalue weighted by molar-refractivity contribution is 7.16. The van der Waals surface area contributed by atoms with Crippen molar-refractivity contribution in [3.05, 3.63) is 32.7 Å². The number of aromatic amines is 1. The Morgan fingerprint density at radius 2 is 2.39 bits per heavy atom. The Kier molecular flexibility index (Phi) is 3.88. The van der Waals surface area contributed by atoms with Crippen LogP contribution in [0.3, 0.4) is 0 Å². The standard InChI is InChI=1S/C11H13ClN4OS/c1-2-7-9(13)10(16-15-7)11(17)14-5-6-3-4-8(12)18-6/h3-4H,2,5,13H2,1H3,(H,14,17)(H,15,16). The van der Waals surface area contributed by atoms with Gasteiger partial charge in [0, 0.05) is 4.88 Å². The predicted octanol–water partition coefficient (Wildman–Crippen LogP) is 2.20. The molecule has 0 atom stereocenters. The Bertz CT molecular complexity index is 563. The Balaban J connectivity index is 2.01. The maximum Gasteiger partial charge on any atom is 0.274 e. The fourth-order valence-electron chi connectivity index (χ4n) is 1.53. The van der Waals surface area contributed by atoms with Crippen molar-refractivity contribution in [2.24, 2.45) is 0 Å². The van der Waals surface area contributed by atoms with Crippen molar-refractivity contribution in [1.82, 2.24) is 15.5 Å². The van der Waals surface area contributed by atoms with Crippen LogP contribution in [-0.4, -0.2) is 16.1 Å². The number of thiophene rings is 1. The molecule has 0 unspecified atom stereocenters. The lowest BCUT2D eigenvalue weighted by Gasteiger charge is -2.01. The summed E-state index contributed by atoms with van der Waals surface area (Å²) in [6.07, 6.45) is 0.715. The highest BCUT2D eigenvalue weighted by Crippen LogP contribution is 2.21. The lowest BCUT2D eigenvalue weighted by Crippen LogP contribution is -2.23. The second-order valence-corrected chi connectivity index (χ2v) is 5.51. The zero-order valence-corrected chi connectivity index (χ0v) is 11.4. The minimum Gasteiger partial charge on any atom is -0.395 e. The van der Waals surface area contributed by atoms with Crippen LogP contribution in [0, 0.1) is 0 Å². The maximum atomic E-state index is 11.9. The molecule has 0 aliphatic heterocycles. The van der Waals surface area contributed by atoms with E-state index in [1.807, 2.05) is 13.0 Å². The van der Waals surface area contributed by atoms with Gasteiger partial charge in [0.2, 0.25) is 0 Å². The molecule has 0 aliphatic carbocycles. The van der Waals surface area contributed by atoms with Gasteiger partial charge >= 0.3 is 0 Å². The summed E-state index contributed by atoms with van der Waals surface area (Å²) in [5.41, 5.74) is 7.25. The zero-order valence-electron chi connectivity index (χ0n) is 9.79. The number of H-pyrrole nitrogens is 1. The van der Waals surface area contributed by atoms with E-state index in [2.05, 4.69) is 15.5 Å². The summed E-state index contributed by atoms with van der Waals surface area (Å²) in [7, 11) is 0. The van der Waals surface area contributed by atoms with E-state index in [0.717, 1.165) is 10.6 Å². The van der Waals surface area contributed by atoms with Crippen LogP contribution in [0.5, 0.6) is 0 Å². The predicted molar refractivity (Wildman–Crippen MR) is 72.9 cm³/mol. The SMILES string of the molecule is CCc1[nH]nc(C(=O)NCc2ccc(Cl)s2)c1N. The molecular weight excluding hydrogens is 272 g/mol. The van der Waals surface area contributed by atoms with Crippen LogP contribution in [0.2, 0.25) is 4.34 Å². The van der Waals surface area contributed by atoms with E-state index >= 15 is 0 Å². The number of nitrogens with zero attached hydrogens (tertiary/aromatic N) is 1. The average Bonchev–Trinajstić information content (AvgIpc) is 2.92. The molecule has 5 nitrogen and oxygen atoms in total. The third-order valence-electron chi connectivity index (χ3n) is 2.50. The first kappa shape index (κ1) is 12.9. The quantitative estimate of drug-likeness (QED) is 0.805. The number of halogens is 1. The van der Waals surface area contributed by atoms with E-state index in [4.69, 9.17) is 17.3 Å². The molecule has 0 saturated carbocycles. The van der Waals surface area contributed by atoms with Gasteiger partial charge in [-0.1, -0.05) is 18.5 Å². The lowest BCUT2D eigenvalue weighted by atomic mass is 10.2. The van der Waals surface area contributed by atoms with Crippen molar-refractivity contribution in [3.8, 4) is 0 Å². The molecule has 7 heteroatoms. The molecular formula is C11H13ClN4OS. The van der Waals surface area contributed by atoms with Crippen LogP contribution >= 0.6 is 22.9 Å². The highest BCUT2D eigenvalue weighted by Gasteiger charge is 2.16. The van der Waals surface area contributed by atoms with Gasteiger partial charge in [-0.25, -0.2) is 0 Å². The fourth-order valence-corrected chi connectivity index (χ4v) is 2.55. The van der Waals surface area contributed by atoms with Crippen molar-refractivity contribution in [2.45, 2.75) is 19.9 Å². The first-order chi connectivity index (χ1) is 8.61. The van der Waals surface area contributed by atoms with E-state index in [9.17, 15) is 4.79 Å². The third-order valence-corrected chi connectivity index (χ3v) is 3.73. The summed E-state index contributed by atoms with van der Waals surface area (Å²) >= 11 is 7.24. The van der Waals surface area contributed by atoms with Crippen LogP contribution < -0.4 is 11.1 Å². The Labute approximate surface area is 113 Å². The normalized spacial score (nSPS) is 10.6. The van der Waals surface area contributed by atoms with Gasteiger partial charge in [-0.3, -0.25) is 9.89 Å². The van der Waals surface area contributed by atoms with Gasteiger partial charge < -0.3 is 11.1 Å². The van der Waals surface area contributed by atoms with Gasteiger partial charge in [0.05, 0.1) is 22.3 Å². The van der Waals surface area contributed by atoms with Gasteiger partial charge in [-0.05, 0) is 18.6 Å². The number of hydrogen-bond donors (Lipinski definition) is 3. The summed E-state index contributed by atoms with van der Waals surface area (Å²) in [5.74, 6) is -0.284. The van der Waals surface area contributed by atoms with Crippen molar-refractivity contribution in [1.29, 1.82) is 0 Å². The van der Waals surface area contributed by atoms with Crippen molar-refractivity contribution in [2.75, 3.05) is 5.73 Å². The average molecular weight is 285 g/mol. The smallest absolute Gasteiger partial charge is 0.274 e. The number of nitrogens with two attached hydrogens (primary N) is 1. The number of hydrogen-bond acceptors (Lipinski definition) is 4. The Morgan fingerprint density at radius 3 is 2.94 bits per heavy atom. The molecule has 2 aromatic heterocycles. The van der Waals surface area contributed by atoms with E-state index < -0.39 is 0 Å². The van der Waals surface area contributed by atoms with Crippen molar-refractivity contribution < 1.29 is 4.79 Å². The molecule has 4 N–H and O–H groups in total. The molecule has 18 heavy (non-hydrogen) atoms. The molecule has 0 spiro atoms. The number of nitrogen functional groups attached to an aromatic ring is 1. The first-order valence-corrected chi connectivity index (χ1v) is 6.66. The van der Waals surface area contributed by atoms with E-state index in [0.29, 0.717) is 23.0 Å². The van der Waals surface area contributed by atoms with Crippen LogP contribution in [0.1, 0.15) is 28.0 Å². The van der Waals surface area contributed by atoms with E-state index in [-0.39, 0.29) is 11.6 Å². The largest absolute Gasteiger partial charge is 0.395 e. The first-order valence-electron chi connectivity index (χ1n) is 5.47. The second-order valence-electron chi connectivity index (χ2n) is 3.71. The maximum absolute atomic E-state index is 11.9. The van der Waals surface area contributed by atoms with Gasteiger partial charge in [0.15, 0.2) is 5.69 Å². The number of carbonyl (C=O) groups excluding carboxylic acids is 1. The molecule has 0 aromatic carbocycles. The molecule has 0 aliphatic rings. The minimum absolute atomic E-state index is 0.245. The van der Waals surface area contributed by atoms with Gasteiger partial charge in [-0.15, -0.1) is 11.3 Å². The van der Waals surface area contributed by atoms with E-state index in [1.165, 1.54) is 11.3 Å². The zero-order chi connectivity index (χ0) is 13.1. The Hall–Kier alpha value is -1.53. The molecule has 96 valence electrons. The number of rotatable bonds is 4. The van der Waals surface area contributed by atoms with Gasteiger partial charge in [0.25, 0.3) is 5.91 Å². The number of nitrogens with one attached hydrogen (secondary N) is 2. The Morgan fingerprint density at radius 1 is 1.61 bits per heavy atom. The van der Waals surface area contributed by atoms with Crippen LogP contribution in [0.4, 0.5) is 5.69 Å². The molecule has 2 rings (SSSR count). The fraction of sp³-hybridized carbons (Fsp3) is 0.273. The van der Waals surface area contributed by atoms with Crippen LogP contribution in [-0.2, 0) is 13.0 Å². The van der Waals surface area contributed by atoms with Gasteiger partial charge in [0.1, 0.15) is 0 Å². The van der Waals surface area contributed by atoms with Crippen LogP contribution in [0.15, 0.2) is 12.1 Å². The number of carbonyl (C=O) groups is 1. The molecule has 1 amide bonds. The van der Waals surface area contributed by atoms with E-state index in [1.54, 1.807) is 6.07 Å². The lowest BCUT2D eigenvalue weighted by molar-refractivity contribution is 0.0947. The minimum atomic E-state index is -0.284. The molecule has 2 aromatic rings. The number of anilines is 1. The topological polar surface area (TPSA) is 83.8 Å². The summed E-state index contributed by atoms with van der Waals surface area (Å²) in [6, 6.07) is 3.67. The molecule has 0 saturated heterocycles. The number of aryl methyl sites for hydroxylation is 1. The monoisotopic (exact) mass is 284 g/mol. The highest BCUT2D eigenvalue weighted by atomic mass is 35.5. The summed E-state index contributed by atoms with van der Waals surface area (Å²) in [5, 5.41) is 9.43. The molecule has 0 fully saturated rings. The molecule has 0 bridgehead atoms. The van der Waals surface area contributed by atoms with Crippen molar-refractivity contribution in [3.63, 3.8) is 0 Å². The number of amides is 1. The van der Waals surface area contributed by atoms with Crippen molar-refractivity contribution >= 4 is 34.5 Å². The second kappa shape index (κ2) is 5.41. The molecule has 2 heterocycles. The summed E-state index contributed by atoms with van der Waals surface area (Å²) < 4.78 is 0.701. The van der Waals surface area contributed by atoms with Crippen LogP contribution in [0.25, 0.3) is 0 Å². The molecule has 0 radical (unpaired) electrons. The third kappa shape index (κ3) is 2.65. The number of aromatic nitrogens is 2. The summed E-state index contributed by atoms with van der Waals surface area (Å²) in [4.78, 5) is 12.9. The van der Waals surface area contributed by atoms with Gasteiger partial charge in [-0.2, -0.15) is 5.10 Å². The summed E-state index contributed by atoms with van der Waals surface area (Å²) in [6.45, 7) is 2.36.